The third kappa shape index (κ3) is 5.65. The minimum atomic E-state index is -0.377. The van der Waals surface area contributed by atoms with Crippen LogP contribution in [-0.4, -0.2) is 17.0 Å². The normalized spacial score (nSPS) is 15.4. The van der Waals surface area contributed by atoms with Crippen LogP contribution in [0.3, 0.4) is 0 Å². The Kier molecular flexibility index (Phi) is 7.51. The molecule has 0 saturated heterocycles. The maximum atomic E-state index is 13.4. The molecule has 9 heteroatoms. The number of aliphatic imine (C=N–C) groups is 1. The number of carbonyl (C=O) groups is 1. The maximum absolute atomic E-state index is 13.4. The fourth-order valence-corrected chi connectivity index (χ4v) is 6.45. The molecule has 3 heterocycles. The molecule has 1 amide bonds. The van der Waals surface area contributed by atoms with Crippen LogP contribution in [0.15, 0.2) is 56.5 Å². The van der Waals surface area contributed by atoms with Crippen molar-refractivity contribution in [3.05, 3.63) is 91.4 Å². The number of carbonyl (C=O) groups excluding carboxylic acids is 1. The van der Waals surface area contributed by atoms with E-state index in [1.54, 1.807) is 48.9 Å². The van der Waals surface area contributed by atoms with Crippen LogP contribution in [0.25, 0.3) is 11.3 Å². The molecule has 5 rings (SSSR count). The molecule has 8 nitrogen and oxygen atoms in total. The van der Waals surface area contributed by atoms with E-state index in [-0.39, 0.29) is 21.9 Å². The van der Waals surface area contributed by atoms with Crippen molar-refractivity contribution in [1.29, 1.82) is 0 Å². The predicted molar refractivity (Wildman–Crippen MR) is 157 cm³/mol. The molecule has 0 fully saturated rings. The van der Waals surface area contributed by atoms with Crippen molar-refractivity contribution in [3.8, 4) is 11.3 Å². The largest absolute Gasteiger partial charge is 0.467 e. The second-order valence-electron chi connectivity index (χ2n) is 11.4. The highest BCUT2D eigenvalue weighted by Gasteiger charge is 2.33. The van der Waals surface area contributed by atoms with Gasteiger partial charge in [-0.2, -0.15) is 0 Å². The Hall–Kier alpha value is -3.98. The first kappa shape index (κ1) is 27.6. The Bertz CT molecular complexity index is 1590. The van der Waals surface area contributed by atoms with Gasteiger partial charge in [-0.3, -0.25) is 14.9 Å². The van der Waals surface area contributed by atoms with Gasteiger partial charge in [-0.1, -0.05) is 20.8 Å². The second-order valence-corrected chi connectivity index (χ2v) is 12.5. The lowest BCUT2D eigenvalue weighted by atomic mass is 9.72. The molecule has 208 valence electrons. The number of aryl methyl sites for hydroxylation is 1. The van der Waals surface area contributed by atoms with Crippen molar-refractivity contribution >= 4 is 34.1 Å². The summed E-state index contributed by atoms with van der Waals surface area (Å²) in [6.45, 7) is 10.7. The van der Waals surface area contributed by atoms with Crippen LogP contribution < -0.4 is 5.32 Å². The van der Waals surface area contributed by atoms with Gasteiger partial charge in [-0.05, 0) is 85.9 Å². The van der Waals surface area contributed by atoms with Gasteiger partial charge >= 0.3 is 0 Å². The first-order chi connectivity index (χ1) is 19.0. The molecular formula is C31H33N3O5S. The molecule has 1 N–H and O–H groups in total. The molecule has 0 saturated carbocycles. The molecule has 40 heavy (non-hydrogen) atoms. The Balaban J connectivity index is 1.44. The Morgan fingerprint density at radius 3 is 2.75 bits per heavy atom. The monoisotopic (exact) mass is 559 g/mol. The van der Waals surface area contributed by atoms with E-state index in [1.165, 1.54) is 10.9 Å². The minimum absolute atomic E-state index is 0.0598. The lowest BCUT2D eigenvalue weighted by Gasteiger charge is -2.33. The van der Waals surface area contributed by atoms with Gasteiger partial charge in [-0.15, -0.1) is 11.3 Å². The van der Waals surface area contributed by atoms with Gasteiger partial charge in [0.15, 0.2) is 0 Å². The van der Waals surface area contributed by atoms with E-state index in [1.807, 2.05) is 19.1 Å². The zero-order valence-electron chi connectivity index (χ0n) is 23.4. The van der Waals surface area contributed by atoms with E-state index in [0.717, 1.165) is 30.4 Å². The number of hydrogen-bond donors (Lipinski definition) is 1. The van der Waals surface area contributed by atoms with E-state index >= 15 is 0 Å². The molecule has 0 unspecified atom stereocenters. The second kappa shape index (κ2) is 10.9. The Labute approximate surface area is 237 Å². The van der Waals surface area contributed by atoms with Crippen molar-refractivity contribution in [2.45, 2.75) is 60.4 Å². The van der Waals surface area contributed by atoms with E-state index in [2.05, 4.69) is 26.1 Å². The molecule has 0 bridgehead atoms. The number of nitro benzene ring substituents is 1. The van der Waals surface area contributed by atoms with E-state index in [0.29, 0.717) is 51.4 Å². The van der Waals surface area contributed by atoms with Crippen LogP contribution in [0.1, 0.15) is 70.6 Å². The summed E-state index contributed by atoms with van der Waals surface area (Å²) < 4.78 is 11.4. The van der Waals surface area contributed by atoms with Crippen LogP contribution >= 0.6 is 11.3 Å². The van der Waals surface area contributed by atoms with Crippen LogP contribution in [0.5, 0.6) is 0 Å². The van der Waals surface area contributed by atoms with Gasteiger partial charge in [0.2, 0.25) is 0 Å². The summed E-state index contributed by atoms with van der Waals surface area (Å²) in [4.78, 5) is 30.5. The Morgan fingerprint density at radius 1 is 1.25 bits per heavy atom. The summed E-state index contributed by atoms with van der Waals surface area (Å²) in [7, 11) is 0. The summed E-state index contributed by atoms with van der Waals surface area (Å²) >= 11 is 1.57. The number of nitro groups is 1. The average Bonchev–Trinajstić information content (AvgIpc) is 3.66. The van der Waals surface area contributed by atoms with Gasteiger partial charge in [0, 0.05) is 22.1 Å². The molecule has 1 aliphatic rings. The van der Waals surface area contributed by atoms with Crippen LogP contribution in [0.4, 0.5) is 10.7 Å². The molecule has 0 aliphatic heterocycles. The molecule has 0 spiro atoms. The molecule has 0 radical (unpaired) electrons. The zero-order chi connectivity index (χ0) is 28.6. The summed E-state index contributed by atoms with van der Waals surface area (Å²) in [5.74, 6) is 2.06. The predicted octanol–water partition coefficient (Wildman–Crippen LogP) is 7.96. The van der Waals surface area contributed by atoms with Gasteiger partial charge in [0.1, 0.15) is 22.3 Å². The number of benzene rings is 1. The van der Waals surface area contributed by atoms with Crippen molar-refractivity contribution in [1.82, 2.24) is 5.32 Å². The fourth-order valence-electron chi connectivity index (χ4n) is 5.18. The highest BCUT2D eigenvalue weighted by Crippen LogP contribution is 2.45. The molecule has 1 atom stereocenters. The number of amides is 1. The smallest absolute Gasteiger partial charge is 0.273 e. The van der Waals surface area contributed by atoms with Crippen molar-refractivity contribution < 1.29 is 18.6 Å². The SMILES string of the molecule is Cc1cc(-c2ccc(C=Nc3sc4c(c3C(=O)NCc3ccco3)CC[C@@H](C(C)(C)C)C4)o2)cc([N+](=O)[O-])c1C. The van der Waals surface area contributed by atoms with Gasteiger partial charge in [-0.25, -0.2) is 4.99 Å². The lowest BCUT2D eigenvalue weighted by Crippen LogP contribution is -2.28. The standard InChI is InChI=1S/C31H33N3O5S/c1-18-13-20(14-25(19(18)2)34(36)37)26-11-9-23(39-26)17-33-30-28(29(35)32-16-22-7-6-12-38-22)24-10-8-21(31(3,4)5)15-27(24)40-30/h6-7,9,11-14,17,21H,8,10,15-16H2,1-5H3,(H,32,35)/t21-/m1/s1. The number of hydrogen-bond acceptors (Lipinski definition) is 7. The highest BCUT2D eigenvalue weighted by atomic mass is 32.1. The minimum Gasteiger partial charge on any atom is -0.467 e. The number of nitrogens with zero attached hydrogens (tertiary/aromatic N) is 2. The van der Waals surface area contributed by atoms with Crippen LogP contribution in [-0.2, 0) is 19.4 Å². The quantitative estimate of drug-likeness (QED) is 0.140. The number of furan rings is 2. The van der Waals surface area contributed by atoms with Crippen LogP contribution in [0, 0.1) is 35.3 Å². The molecule has 1 aromatic carbocycles. The number of nitrogens with one attached hydrogen (secondary N) is 1. The fraction of sp³-hybridized carbons (Fsp3) is 0.355. The summed E-state index contributed by atoms with van der Waals surface area (Å²) in [6, 6.07) is 10.6. The van der Waals surface area contributed by atoms with E-state index in [4.69, 9.17) is 13.8 Å². The summed E-state index contributed by atoms with van der Waals surface area (Å²) in [5, 5.41) is 15.1. The topological polar surface area (TPSA) is 111 Å². The third-order valence-electron chi connectivity index (χ3n) is 7.76. The highest BCUT2D eigenvalue weighted by molar-refractivity contribution is 7.16. The first-order valence-corrected chi connectivity index (χ1v) is 14.2. The molecular weight excluding hydrogens is 526 g/mol. The van der Waals surface area contributed by atoms with Gasteiger partial charge < -0.3 is 14.2 Å². The van der Waals surface area contributed by atoms with Crippen molar-refractivity contribution in [3.63, 3.8) is 0 Å². The zero-order valence-corrected chi connectivity index (χ0v) is 24.2. The van der Waals surface area contributed by atoms with Gasteiger partial charge in [0.05, 0.1) is 29.5 Å². The van der Waals surface area contributed by atoms with Crippen LogP contribution in [0.2, 0.25) is 0 Å². The Morgan fingerprint density at radius 2 is 2.05 bits per heavy atom. The summed E-state index contributed by atoms with van der Waals surface area (Å²) in [5.41, 5.74) is 4.02. The molecule has 4 aromatic rings. The van der Waals surface area contributed by atoms with E-state index in [9.17, 15) is 14.9 Å². The lowest BCUT2D eigenvalue weighted by molar-refractivity contribution is -0.385. The number of rotatable bonds is 7. The molecule has 1 aliphatic carbocycles. The van der Waals surface area contributed by atoms with Gasteiger partial charge in [0.25, 0.3) is 11.6 Å². The average molecular weight is 560 g/mol. The van der Waals surface area contributed by atoms with Crippen molar-refractivity contribution in [2.75, 3.05) is 0 Å². The summed E-state index contributed by atoms with van der Waals surface area (Å²) in [6.07, 6.45) is 5.99. The molecule has 3 aromatic heterocycles. The van der Waals surface area contributed by atoms with E-state index < -0.39 is 0 Å². The maximum Gasteiger partial charge on any atom is 0.273 e. The third-order valence-corrected chi connectivity index (χ3v) is 8.92. The first-order valence-electron chi connectivity index (χ1n) is 13.4. The number of thiophene rings is 1. The van der Waals surface area contributed by atoms with Crippen molar-refractivity contribution in [2.24, 2.45) is 16.3 Å². The number of fused-ring (bicyclic) bond motifs is 1.